The van der Waals surface area contributed by atoms with Gasteiger partial charge in [0.1, 0.15) is 4.90 Å². The molecule has 0 aliphatic rings. The van der Waals surface area contributed by atoms with Crippen LogP contribution in [0.3, 0.4) is 0 Å². The van der Waals surface area contributed by atoms with E-state index in [-0.39, 0.29) is 22.4 Å². The molecule has 2 rings (SSSR count). The summed E-state index contributed by atoms with van der Waals surface area (Å²) in [6.07, 6.45) is 2.59. The Hall–Kier alpha value is -2.46. The molecule has 0 fully saturated rings. The summed E-state index contributed by atoms with van der Waals surface area (Å²) in [5, 5.41) is 0. The van der Waals surface area contributed by atoms with Crippen molar-refractivity contribution in [2.45, 2.75) is 11.8 Å². The smallest absolute Gasteiger partial charge is 0.267 e. The average molecular weight is 310 g/mol. The standard InChI is InChI=1S/C11H14N6O3S/c1-7-5-10(20-2)15-11(14-7)17-21(18,19)9-6-13-4-3-8(9)16-12/h3-6H,12H2,1-2H3,(H,13,16)(H,14,15,17). The highest BCUT2D eigenvalue weighted by Crippen LogP contribution is 2.21. The molecule has 9 nitrogen and oxygen atoms in total. The third-order valence-electron chi connectivity index (χ3n) is 2.50. The van der Waals surface area contributed by atoms with Crippen molar-refractivity contribution in [2.24, 2.45) is 5.84 Å². The van der Waals surface area contributed by atoms with Crippen LogP contribution in [0.15, 0.2) is 29.4 Å². The van der Waals surface area contributed by atoms with Crippen molar-refractivity contribution in [1.29, 1.82) is 0 Å². The van der Waals surface area contributed by atoms with E-state index < -0.39 is 10.0 Å². The summed E-state index contributed by atoms with van der Waals surface area (Å²) in [4.78, 5) is 11.6. The van der Waals surface area contributed by atoms with Crippen molar-refractivity contribution in [2.75, 3.05) is 17.3 Å². The lowest BCUT2D eigenvalue weighted by Gasteiger charge is -2.11. The van der Waals surface area contributed by atoms with E-state index >= 15 is 0 Å². The Kier molecular flexibility index (Phi) is 4.19. The molecule has 0 saturated carbocycles. The van der Waals surface area contributed by atoms with Gasteiger partial charge in [-0.2, -0.15) is 4.98 Å². The van der Waals surface area contributed by atoms with Gasteiger partial charge in [-0.25, -0.2) is 18.1 Å². The first kappa shape index (κ1) is 14.9. The largest absolute Gasteiger partial charge is 0.481 e. The summed E-state index contributed by atoms with van der Waals surface area (Å²) in [7, 11) is -2.51. The quantitative estimate of drug-likeness (QED) is 0.529. The fourth-order valence-corrected chi connectivity index (χ4v) is 2.64. The number of nitrogen functional groups attached to an aromatic ring is 1. The van der Waals surface area contributed by atoms with Crippen LogP contribution in [-0.2, 0) is 10.0 Å². The maximum absolute atomic E-state index is 12.3. The highest BCUT2D eigenvalue weighted by atomic mass is 32.2. The molecule has 0 saturated heterocycles. The predicted molar refractivity (Wildman–Crippen MR) is 76.2 cm³/mol. The van der Waals surface area contributed by atoms with Crippen molar-refractivity contribution in [3.05, 3.63) is 30.2 Å². The number of nitrogens with two attached hydrogens (primary N) is 1. The molecule has 10 heteroatoms. The van der Waals surface area contributed by atoms with E-state index in [1.54, 1.807) is 13.0 Å². The van der Waals surface area contributed by atoms with E-state index in [1.807, 2.05) is 0 Å². The number of hydrogen-bond donors (Lipinski definition) is 3. The number of methoxy groups -OCH3 is 1. The Bertz CT molecular complexity index is 749. The minimum absolute atomic E-state index is 0.0984. The zero-order valence-electron chi connectivity index (χ0n) is 11.4. The van der Waals surface area contributed by atoms with Crippen LogP contribution in [-0.4, -0.2) is 30.5 Å². The molecule has 2 aromatic rings. The lowest BCUT2D eigenvalue weighted by atomic mass is 10.4. The van der Waals surface area contributed by atoms with Crippen molar-refractivity contribution < 1.29 is 13.2 Å². The number of hydrazine groups is 1. The van der Waals surface area contributed by atoms with Crippen LogP contribution < -0.4 is 20.7 Å². The van der Waals surface area contributed by atoms with E-state index in [1.165, 1.54) is 25.6 Å². The number of aryl methyl sites for hydroxylation is 1. The second-order valence-corrected chi connectivity index (χ2v) is 5.65. The Morgan fingerprint density at radius 1 is 1.33 bits per heavy atom. The van der Waals surface area contributed by atoms with Gasteiger partial charge < -0.3 is 10.2 Å². The number of ether oxygens (including phenoxy) is 1. The van der Waals surface area contributed by atoms with Crippen LogP contribution in [0.5, 0.6) is 5.88 Å². The minimum atomic E-state index is -3.93. The fourth-order valence-electron chi connectivity index (χ4n) is 1.58. The fraction of sp³-hybridized carbons (Fsp3) is 0.182. The number of anilines is 2. The van der Waals surface area contributed by atoms with Gasteiger partial charge in [0.2, 0.25) is 11.8 Å². The van der Waals surface area contributed by atoms with Crippen molar-refractivity contribution >= 4 is 21.7 Å². The second-order valence-electron chi connectivity index (χ2n) is 4.00. The molecule has 0 bridgehead atoms. The van der Waals surface area contributed by atoms with Crippen molar-refractivity contribution in [3.8, 4) is 5.88 Å². The van der Waals surface area contributed by atoms with Crippen LogP contribution in [0.4, 0.5) is 11.6 Å². The van der Waals surface area contributed by atoms with Crippen molar-refractivity contribution in [3.63, 3.8) is 0 Å². The number of nitrogens with zero attached hydrogens (tertiary/aromatic N) is 3. The molecule has 0 radical (unpaired) electrons. The first-order chi connectivity index (χ1) is 9.96. The second kappa shape index (κ2) is 5.89. The zero-order valence-corrected chi connectivity index (χ0v) is 12.2. The van der Waals surface area contributed by atoms with Crippen LogP contribution in [0.1, 0.15) is 5.69 Å². The summed E-state index contributed by atoms with van der Waals surface area (Å²) in [6.45, 7) is 1.69. The zero-order chi connectivity index (χ0) is 15.5. The van der Waals surface area contributed by atoms with E-state index in [0.29, 0.717) is 5.69 Å². The van der Waals surface area contributed by atoms with E-state index in [2.05, 4.69) is 25.1 Å². The van der Waals surface area contributed by atoms with Crippen LogP contribution >= 0.6 is 0 Å². The van der Waals surface area contributed by atoms with E-state index in [9.17, 15) is 8.42 Å². The molecule has 2 aromatic heterocycles. The van der Waals surface area contributed by atoms with E-state index in [0.717, 1.165) is 0 Å². The molecule has 112 valence electrons. The normalized spacial score (nSPS) is 11.0. The first-order valence-corrected chi connectivity index (χ1v) is 7.27. The highest BCUT2D eigenvalue weighted by Gasteiger charge is 2.20. The Labute approximate surface area is 121 Å². The molecule has 0 amide bonds. The summed E-state index contributed by atoms with van der Waals surface area (Å²) < 4.78 is 31.9. The summed E-state index contributed by atoms with van der Waals surface area (Å²) in [5.41, 5.74) is 3.06. The van der Waals surface area contributed by atoms with E-state index in [4.69, 9.17) is 10.6 Å². The molecule has 0 aliphatic heterocycles. The van der Waals surface area contributed by atoms with Gasteiger partial charge in [0.15, 0.2) is 0 Å². The molecule has 21 heavy (non-hydrogen) atoms. The van der Waals surface area contributed by atoms with Gasteiger partial charge in [-0.05, 0) is 13.0 Å². The summed E-state index contributed by atoms with van der Waals surface area (Å²) in [6, 6.07) is 3.01. The summed E-state index contributed by atoms with van der Waals surface area (Å²) in [5.74, 6) is 5.44. The van der Waals surface area contributed by atoms with Gasteiger partial charge in [-0.3, -0.25) is 10.8 Å². The SMILES string of the molecule is COc1cc(C)nc(NS(=O)(=O)c2cnccc2NN)n1. The maximum Gasteiger partial charge on any atom is 0.267 e. The monoisotopic (exact) mass is 310 g/mol. The number of rotatable bonds is 5. The third kappa shape index (κ3) is 3.35. The molecular weight excluding hydrogens is 296 g/mol. The molecule has 0 atom stereocenters. The average Bonchev–Trinajstić information content (AvgIpc) is 2.46. The predicted octanol–water partition coefficient (Wildman–Crippen LogP) is 0.275. The topological polar surface area (TPSA) is 132 Å². The molecule has 0 unspecified atom stereocenters. The Morgan fingerprint density at radius 3 is 2.76 bits per heavy atom. The summed E-state index contributed by atoms with van der Waals surface area (Å²) >= 11 is 0. The first-order valence-electron chi connectivity index (χ1n) is 5.79. The van der Waals surface area contributed by atoms with Crippen LogP contribution in [0.25, 0.3) is 0 Å². The van der Waals surface area contributed by atoms with Crippen LogP contribution in [0.2, 0.25) is 0 Å². The van der Waals surface area contributed by atoms with Gasteiger partial charge in [0.05, 0.1) is 12.8 Å². The maximum atomic E-state index is 12.3. The van der Waals surface area contributed by atoms with Gasteiger partial charge in [0, 0.05) is 24.2 Å². The molecule has 0 aliphatic carbocycles. The number of sulfonamides is 1. The number of nitrogens with one attached hydrogen (secondary N) is 2. The van der Waals surface area contributed by atoms with Gasteiger partial charge in [-0.15, -0.1) is 0 Å². The molecule has 4 N–H and O–H groups in total. The molecule has 0 aromatic carbocycles. The van der Waals surface area contributed by atoms with Gasteiger partial charge in [0.25, 0.3) is 10.0 Å². The lowest BCUT2D eigenvalue weighted by Crippen LogP contribution is -2.19. The number of hydrogen-bond acceptors (Lipinski definition) is 8. The van der Waals surface area contributed by atoms with Gasteiger partial charge in [-0.1, -0.05) is 0 Å². The highest BCUT2D eigenvalue weighted by molar-refractivity contribution is 7.92. The number of pyridine rings is 1. The Morgan fingerprint density at radius 2 is 2.10 bits per heavy atom. The van der Waals surface area contributed by atoms with Crippen LogP contribution in [0, 0.1) is 6.92 Å². The minimum Gasteiger partial charge on any atom is -0.481 e. The number of aromatic nitrogens is 3. The third-order valence-corrected chi connectivity index (χ3v) is 3.85. The van der Waals surface area contributed by atoms with Gasteiger partial charge >= 0.3 is 0 Å². The molecular formula is C11H14N6O3S. The molecule has 2 heterocycles. The van der Waals surface area contributed by atoms with Crippen molar-refractivity contribution in [1.82, 2.24) is 15.0 Å². The Balaban J connectivity index is 2.40. The molecule has 0 spiro atoms. The lowest BCUT2D eigenvalue weighted by molar-refractivity contribution is 0.397.